The van der Waals surface area contributed by atoms with Gasteiger partial charge in [-0.25, -0.2) is 0 Å². The molecule has 0 aromatic heterocycles. The predicted octanol–water partition coefficient (Wildman–Crippen LogP) is 2.93. The second kappa shape index (κ2) is 13.1. The van der Waals surface area contributed by atoms with E-state index in [4.69, 9.17) is 0 Å². The van der Waals surface area contributed by atoms with Crippen molar-refractivity contribution in [2.24, 2.45) is 0 Å². The lowest BCUT2D eigenvalue weighted by atomic mass is 10.0. The third kappa shape index (κ3) is 10.1. The van der Waals surface area contributed by atoms with Gasteiger partial charge in [0, 0.05) is 30.8 Å². The van der Waals surface area contributed by atoms with Gasteiger partial charge < -0.3 is 24.7 Å². The number of phenolic OH excluding ortho intramolecular Hbond substituents is 1. The highest BCUT2D eigenvalue weighted by molar-refractivity contribution is 5.44. The van der Waals surface area contributed by atoms with Gasteiger partial charge in [0.2, 0.25) is 0 Å². The van der Waals surface area contributed by atoms with Crippen molar-refractivity contribution in [1.29, 1.82) is 0 Å². The molecule has 1 N–H and O–H groups in total. The van der Waals surface area contributed by atoms with Gasteiger partial charge in [0.1, 0.15) is 5.75 Å². The SMILES string of the molecule is CCN(CC)CC.CN(C)Cc1cc(CN(C)C)c(O)c(CN(C)C)c1. The summed E-state index contributed by atoms with van der Waals surface area (Å²) in [6, 6.07) is 4.21. The molecule has 0 saturated heterocycles. The average molecular weight is 367 g/mol. The standard InChI is InChI=1S/C15H27N3O.C6H15N/c1-16(2)9-12-7-13(10-17(3)4)15(19)14(8-12)11-18(5)6;1-4-7(5-2)6-3/h7-8,19H,9-11H2,1-6H3;4-6H2,1-3H3. The number of aromatic hydroxyl groups is 1. The molecule has 0 aliphatic heterocycles. The minimum Gasteiger partial charge on any atom is -0.507 e. The van der Waals surface area contributed by atoms with Crippen molar-refractivity contribution in [3.63, 3.8) is 0 Å². The molecule has 0 aliphatic carbocycles. The Kier molecular flexibility index (Phi) is 12.5. The summed E-state index contributed by atoms with van der Waals surface area (Å²) in [5, 5.41) is 10.4. The summed E-state index contributed by atoms with van der Waals surface area (Å²) in [6.45, 7) is 12.5. The van der Waals surface area contributed by atoms with Crippen LogP contribution in [0.4, 0.5) is 0 Å². The molecule has 0 radical (unpaired) electrons. The van der Waals surface area contributed by atoms with E-state index in [0.717, 1.165) is 30.8 Å². The van der Waals surface area contributed by atoms with Gasteiger partial charge in [-0.05, 0) is 79.6 Å². The van der Waals surface area contributed by atoms with Crippen molar-refractivity contribution in [1.82, 2.24) is 19.6 Å². The second-order valence-corrected chi connectivity index (χ2v) is 7.60. The van der Waals surface area contributed by atoms with Gasteiger partial charge in [0.15, 0.2) is 0 Å². The van der Waals surface area contributed by atoms with E-state index in [1.54, 1.807) is 0 Å². The predicted molar refractivity (Wildman–Crippen MR) is 114 cm³/mol. The maximum absolute atomic E-state index is 10.4. The van der Waals surface area contributed by atoms with Gasteiger partial charge >= 0.3 is 0 Å². The van der Waals surface area contributed by atoms with E-state index in [1.165, 1.54) is 25.2 Å². The summed E-state index contributed by atoms with van der Waals surface area (Å²) < 4.78 is 0. The molecule has 0 heterocycles. The lowest BCUT2D eigenvalue weighted by Gasteiger charge is -2.19. The molecule has 0 bridgehead atoms. The largest absolute Gasteiger partial charge is 0.507 e. The molecule has 1 aromatic carbocycles. The lowest BCUT2D eigenvalue weighted by molar-refractivity contribution is 0.321. The third-order valence-corrected chi connectivity index (χ3v) is 4.14. The van der Waals surface area contributed by atoms with E-state index in [1.807, 2.05) is 28.2 Å². The number of nitrogens with zero attached hydrogens (tertiary/aromatic N) is 4. The van der Waals surface area contributed by atoms with Gasteiger partial charge in [-0.1, -0.05) is 20.8 Å². The molecule has 0 fully saturated rings. The van der Waals surface area contributed by atoms with Gasteiger partial charge in [-0.15, -0.1) is 0 Å². The molecule has 0 saturated carbocycles. The van der Waals surface area contributed by atoms with Crippen molar-refractivity contribution in [2.45, 2.75) is 40.4 Å². The molecule has 0 unspecified atom stereocenters. The third-order valence-electron chi connectivity index (χ3n) is 4.14. The number of rotatable bonds is 9. The molecular formula is C21H42N4O. The summed E-state index contributed by atoms with van der Waals surface area (Å²) in [7, 11) is 12.2. The monoisotopic (exact) mass is 366 g/mol. The summed E-state index contributed by atoms with van der Waals surface area (Å²) in [5.41, 5.74) is 3.25. The minimum atomic E-state index is 0.435. The molecule has 5 heteroatoms. The number of hydrogen-bond acceptors (Lipinski definition) is 5. The smallest absolute Gasteiger partial charge is 0.124 e. The van der Waals surface area contributed by atoms with Crippen LogP contribution in [0, 0.1) is 0 Å². The molecule has 26 heavy (non-hydrogen) atoms. The summed E-state index contributed by atoms with van der Waals surface area (Å²) in [5.74, 6) is 0.435. The van der Waals surface area contributed by atoms with E-state index in [9.17, 15) is 5.11 Å². The van der Waals surface area contributed by atoms with Crippen LogP contribution in [0.1, 0.15) is 37.5 Å². The first-order valence-corrected chi connectivity index (χ1v) is 9.64. The van der Waals surface area contributed by atoms with Gasteiger partial charge in [-0.3, -0.25) is 0 Å². The molecule has 1 aromatic rings. The quantitative estimate of drug-likeness (QED) is 0.727. The van der Waals surface area contributed by atoms with Gasteiger partial charge in [-0.2, -0.15) is 0 Å². The van der Waals surface area contributed by atoms with Crippen molar-refractivity contribution < 1.29 is 5.11 Å². The van der Waals surface area contributed by atoms with Crippen LogP contribution in [0.3, 0.4) is 0 Å². The van der Waals surface area contributed by atoms with Crippen molar-refractivity contribution >= 4 is 0 Å². The maximum Gasteiger partial charge on any atom is 0.124 e. The first-order valence-electron chi connectivity index (χ1n) is 9.64. The normalized spacial score (nSPS) is 11.4. The summed E-state index contributed by atoms with van der Waals surface area (Å²) >= 11 is 0. The summed E-state index contributed by atoms with van der Waals surface area (Å²) in [6.07, 6.45) is 0. The summed E-state index contributed by atoms with van der Waals surface area (Å²) in [4.78, 5) is 8.67. The van der Waals surface area contributed by atoms with Crippen LogP contribution in [0.5, 0.6) is 5.75 Å². The zero-order chi connectivity index (χ0) is 20.3. The highest BCUT2D eigenvalue weighted by atomic mass is 16.3. The highest BCUT2D eigenvalue weighted by Gasteiger charge is 2.12. The zero-order valence-corrected chi connectivity index (χ0v) is 18.6. The first kappa shape index (κ1) is 24.9. The fourth-order valence-electron chi connectivity index (χ4n) is 2.88. The van der Waals surface area contributed by atoms with Crippen LogP contribution < -0.4 is 0 Å². The average Bonchev–Trinajstić information content (AvgIpc) is 2.52. The fraction of sp³-hybridized carbons (Fsp3) is 0.714. The minimum absolute atomic E-state index is 0.435. The van der Waals surface area contributed by atoms with E-state index >= 15 is 0 Å². The highest BCUT2D eigenvalue weighted by Crippen LogP contribution is 2.27. The molecule has 0 amide bonds. The van der Waals surface area contributed by atoms with Crippen LogP contribution in [-0.2, 0) is 19.6 Å². The molecular weight excluding hydrogens is 324 g/mol. The second-order valence-electron chi connectivity index (χ2n) is 7.60. The van der Waals surface area contributed by atoms with Crippen LogP contribution in [0.25, 0.3) is 0 Å². The van der Waals surface area contributed by atoms with Gasteiger partial charge in [0.05, 0.1) is 0 Å². The van der Waals surface area contributed by atoms with Crippen molar-refractivity contribution in [3.8, 4) is 5.75 Å². The molecule has 0 spiro atoms. The van der Waals surface area contributed by atoms with E-state index in [-0.39, 0.29) is 0 Å². The molecule has 0 aliphatic rings. The lowest BCUT2D eigenvalue weighted by Crippen LogP contribution is -2.21. The number of benzene rings is 1. The Morgan fingerprint density at radius 1 is 0.654 bits per heavy atom. The number of phenols is 1. The van der Waals surface area contributed by atoms with Crippen LogP contribution in [-0.4, -0.2) is 86.6 Å². The Morgan fingerprint density at radius 2 is 1.00 bits per heavy atom. The zero-order valence-electron chi connectivity index (χ0n) is 18.6. The molecule has 0 atom stereocenters. The first-order chi connectivity index (χ1) is 12.1. The Labute approximate surface area is 162 Å². The van der Waals surface area contributed by atoms with Crippen molar-refractivity contribution in [3.05, 3.63) is 28.8 Å². The van der Waals surface area contributed by atoms with E-state index < -0.39 is 0 Å². The Hall–Kier alpha value is -1.14. The van der Waals surface area contributed by atoms with E-state index in [0.29, 0.717) is 5.75 Å². The maximum atomic E-state index is 10.4. The fourth-order valence-corrected chi connectivity index (χ4v) is 2.88. The van der Waals surface area contributed by atoms with E-state index in [2.05, 4.69) is 66.6 Å². The Bertz CT molecular complexity index is 460. The Morgan fingerprint density at radius 3 is 1.23 bits per heavy atom. The molecule has 152 valence electrons. The van der Waals surface area contributed by atoms with Gasteiger partial charge in [0.25, 0.3) is 0 Å². The van der Waals surface area contributed by atoms with Crippen LogP contribution in [0.2, 0.25) is 0 Å². The van der Waals surface area contributed by atoms with Crippen molar-refractivity contribution in [2.75, 3.05) is 61.9 Å². The topological polar surface area (TPSA) is 33.2 Å². The number of hydrogen-bond donors (Lipinski definition) is 1. The molecule has 1 rings (SSSR count). The van der Waals surface area contributed by atoms with Crippen LogP contribution in [0.15, 0.2) is 12.1 Å². The molecule has 5 nitrogen and oxygen atoms in total. The van der Waals surface area contributed by atoms with Crippen LogP contribution >= 0.6 is 0 Å². The Balaban J connectivity index is 0.000000758.